The van der Waals surface area contributed by atoms with Gasteiger partial charge in [0.15, 0.2) is 5.13 Å². The second-order valence-corrected chi connectivity index (χ2v) is 6.24. The maximum Gasteiger partial charge on any atom is 0.267 e. The largest absolute Gasteiger partial charge is 0.495 e. The van der Waals surface area contributed by atoms with E-state index in [0.29, 0.717) is 16.3 Å². The van der Waals surface area contributed by atoms with Crippen LogP contribution in [0.1, 0.15) is 28.7 Å². The van der Waals surface area contributed by atoms with E-state index in [4.69, 9.17) is 4.74 Å². The number of thiazole rings is 1. The number of aromatic nitrogens is 2. The number of hydrogen-bond acceptors (Lipinski definition) is 4. The molecule has 0 spiro atoms. The van der Waals surface area contributed by atoms with Crippen molar-refractivity contribution in [2.75, 3.05) is 12.4 Å². The zero-order chi connectivity index (χ0) is 16.9. The Kier molecular flexibility index (Phi) is 4.96. The molecule has 0 bridgehead atoms. The third-order valence-corrected chi connectivity index (χ3v) is 4.67. The molecule has 124 valence electrons. The minimum absolute atomic E-state index is 0.154. The molecular weight excluding hydrogens is 322 g/mol. The highest BCUT2D eigenvalue weighted by atomic mass is 32.1. The van der Waals surface area contributed by atoms with Gasteiger partial charge in [0.25, 0.3) is 5.91 Å². The summed E-state index contributed by atoms with van der Waals surface area (Å²) >= 11 is 1.40. The molecule has 24 heavy (non-hydrogen) atoms. The Hall–Kier alpha value is -2.60. The quantitative estimate of drug-likeness (QED) is 0.733. The van der Waals surface area contributed by atoms with Crippen molar-refractivity contribution in [2.24, 2.45) is 0 Å². The fourth-order valence-electron chi connectivity index (χ4n) is 2.42. The van der Waals surface area contributed by atoms with Crippen molar-refractivity contribution in [1.29, 1.82) is 0 Å². The topological polar surface area (TPSA) is 56.2 Å². The standard InChI is InChI=1S/C18H19N3O2S/c1-3-8-14-16(24-18(20-14)21-11-6-7-12-21)17(22)19-13-9-4-5-10-15(13)23-2/h4-7,9-12H,3,8H2,1-2H3,(H,19,22). The second-order valence-electron chi connectivity index (χ2n) is 5.27. The van der Waals surface area contributed by atoms with E-state index in [0.717, 1.165) is 23.7 Å². The minimum atomic E-state index is -0.154. The van der Waals surface area contributed by atoms with Crippen LogP contribution < -0.4 is 10.1 Å². The number of benzene rings is 1. The van der Waals surface area contributed by atoms with E-state index < -0.39 is 0 Å². The molecule has 2 heterocycles. The molecule has 0 saturated carbocycles. The van der Waals surface area contributed by atoms with Crippen molar-refractivity contribution in [2.45, 2.75) is 19.8 Å². The number of nitrogens with one attached hydrogen (secondary N) is 1. The normalized spacial score (nSPS) is 10.6. The smallest absolute Gasteiger partial charge is 0.267 e. The zero-order valence-corrected chi connectivity index (χ0v) is 14.5. The Balaban J connectivity index is 1.91. The highest BCUT2D eigenvalue weighted by Gasteiger charge is 2.19. The molecule has 0 saturated heterocycles. The summed E-state index contributed by atoms with van der Waals surface area (Å²) in [5.74, 6) is 0.483. The summed E-state index contributed by atoms with van der Waals surface area (Å²) in [6.07, 6.45) is 5.56. The van der Waals surface area contributed by atoms with Gasteiger partial charge >= 0.3 is 0 Å². The predicted octanol–water partition coefficient (Wildman–Crippen LogP) is 4.15. The first kappa shape index (κ1) is 16.3. The van der Waals surface area contributed by atoms with Crippen LogP contribution in [-0.4, -0.2) is 22.6 Å². The van der Waals surface area contributed by atoms with Gasteiger partial charge < -0.3 is 14.6 Å². The molecular formula is C18H19N3O2S. The van der Waals surface area contributed by atoms with Gasteiger partial charge in [0.05, 0.1) is 18.5 Å². The lowest BCUT2D eigenvalue weighted by Gasteiger charge is -2.09. The minimum Gasteiger partial charge on any atom is -0.495 e. The number of methoxy groups -OCH3 is 1. The molecule has 0 aliphatic carbocycles. The third kappa shape index (κ3) is 3.33. The van der Waals surface area contributed by atoms with Crippen LogP contribution in [0.4, 0.5) is 5.69 Å². The SMILES string of the molecule is CCCc1nc(-n2cccc2)sc1C(=O)Nc1ccccc1OC. The molecule has 6 heteroatoms. The number of para-hydroxylation sites is 2. The number of amides is 1. The second kappa shape index (κ2) is 7.31. The fourth-order valence-corrected chi connectivity index (χ4v) is 3.40. The van der Waals surface area contributed by atoms with E-state index in [9.17, 15) is 4.79 Å². The molecule has 0 fully saturated rings. The summed E-state index contributed by atoms with van der Waals surface area (Å²) in [6, 6.07) is 11.3. The van der Waals surface area contributed by atoms with Crippen LogP contribution in [-0.2, 0) is 6.42 Å². The average molecular weight is 341 g/mol. The number of hydrogen-bond donors (Lipinski definition) is 1. The summed E-state index contributed by atoms with van der Waals surface area (Å²) in [6.45, 7) is 2.08. The molecule has 0 radical (unpaired) electrons. The van der Waals surface area contributed by atoms with Crippen LogP contribution in [0.3, 0.4) is 0 Å². The van der Waals surface area contributed by atoms with Gasteiger partial charge in [-0.3, -0.25) is 4.79 Å². The number of rotatable bonds is 6. The van der Waals surface area contributed by atoms with E-state index in [1.54, 1.807) is 7.11 Å². The van der Waals surface area contributed by atoms with Gasteiger partial charge in [-0.05, 0) is 30.7 Å². The first-order chi connectivity index (χ1) is 11.7. The van der Waals surface area contributed by atoms with Crippen LogP contribution >= 0.6 is 11.3 Å². The van der Waals surface area contributed by atoms with Crippen molar-refractivity contribution in [3.8, 4) is 10.9 Å². The molecule has 0 aliphatic rings. The molecule has 3 aromatic rings. The van der Waals surface area contributed by atoms with Crippen LogP contribution in [0.25, 0.3) is 5.13 Å². The first-order valence-electron chi connectivity index (χ1n) is 7.80. The number of carbonyl (C=O) groups is 1. The van der Waals surface area contributed by atoms with E-state index in [1.807, 2.05) is 53.4 Å². The molecule has 3 rings (SSSR count). The van der Waals surface area contributed by atoms with Crippen molar-refractivity contribution in [3.63, 3.8) is 0 Å². The van der Waals surface area contributed by atoms with Crippen molar-refractivity contribution >= 4 is 22.9 Å². The highest BCUT2D eigenvalue weighted by Crippen LogP contribution is 2.27. The first-order valence-corrected chi connectivity index (χ1v) is 8.62. The van der Waals surface area contributed by atoms with Gasteiger partial charge in [0, 0.05) is 12.4 Å². The number of carbonyl (C=O) groups excluding carboxylic acids is 1. The monoisotopic (exact) mass is 341 g/mol. The maximum atomic E-state index is 12.8. The number of aryl methyl sites for hydroxylation is 1. The molecule has 2 aromatic heterocycles. The number of ether oxygens (including phenoxy) is 1. The van der Waals surface area contributed by atoms with E-state index in [1.165, 1.54) is 11.3 Å². The Morgan fingerprint density at radius 2 is 2.00 bits per heavy atom. The van der Waals surface area contributed by atoms with Gasteiger partial charge in [-0.25, -0.2) is 4.98 Å². The van der Waals surface area contributed by atoms with E-state index >= 15 is 0 Å². The Labute approximate surface area is 144 Å². The van der Waals surface area contributed by atoms with Crippen LogP contribution in [0.15, 0.2) is 48.8 Å². The van der Waals surface area contributed by atoms with E-state index in [2.05, 4.69) is 17.2 Å². The summed E-state index contributed by atoms with van der Waals surface area (Å²) in [5, 5.41) is 3.73. The average Bonchev–Trinajstić information content (AvgIpc) is 3.25. The van der Waals surface area contributed by atoms with Crippen molar-refractivity contribution < 1.29 is 9.53 Å². The lowest BCUT2D eigenvalue weighted by molar-refractivity contribution is 0.102. The summed E-state index contributed by atoms with van der Waals surface area (Å²) < 4.78 is 7.21. The maximum absolute atomic E-state index is 12.8. The molecule has 1 amide bonds. The predicted molar refractivity (Wildman–Crippen MR) is 96.4 cm³/mol. The fraction of sp³-hybridized carbons (Fsp3) is 0.222. The molecule has 0 aliphatic heterocycles. The third-order valence-electron chi connectivity index (χ3n) is 3.56. The van der Waals surface area contributed by atoms with E-state index in [-0.39, 0.29) is 5.91 Å². The molecule has 1 N–H and O–H groups in total. The summed E-state index contributed by atoms with van der Waals surface area (Å²) in [5.41, 5.74) is 1.49. The van der Waals surface area contributed by atoms with Crippen molar-refractivity contribution in [3.05, 3.63) is 59.4 Å². The van der Waals surface area contributed by atoms with Crippen LogP contribution in [0.2, 0.25) is 0 Å². The van der Waals surface area contributed by atoms with Crippen LogP contribution in [0.5, 0.6) is 5.75 Å². The zero-order valence-electron chi connectivity index (χ0n) is 13.7. The Morgan fingerprint density at radius 3 is 2.71 bits per heavy atom. The summed E-state index contributed by atoms with van der Waals surface area (Å²) in [7, 11) is 1.59. The van der Waals surface area contributed by atoms with Gasteiger partial charge in [-0.15, -0.1) is 0 Å². The highest BCUT2D eigenvalue weighted by molar-refractivity contribution is 7.16. The molecule has 5 nitrogen and oxygen atoms in total. The molecule has 1 aromatic carbocycles. The Bertz CT molecular complexity index is 825. The Morgan fingerprint density at radius 1 is 1.25 bits per heavy atom. The molecule has 0 atom stereocenters. The van der Waals surface area contributed by atoms with Crippen molar-refractivity contribution in [1.82, 2.24) is 9.55 Å². The van der Waals surface area contributed by atoms with Crippen LogP contribution in [0, 0.1) is 0 Å². The number of nitrogens with zero attached hydrogens (tertiary/aromatic N) is 2. The lowest BCUT2D eigenvalue weighted by atomic mass is 10.2. The van der Waals surface area contributed by atoms with Gasteiger partial charge in [0.2, 0.25) is 0 Å². The summed E-state index contributed by atoms with van der Waals surface area (Å²) in [4.78, 5) is 18.0. The van der Waals surface area contributed by atoms with Gasteiger partial charge in [-0.1, -0.05) is 36.8 Å². The van der Waals surface area contributed by atoms with Gasteiger partial charge in [0.1, 0.15) is 10.6 Å². The molecule has 0 unspecified atom stereocenters. The van der Waals surface area contributed by atoms with Gasteiger partial charge in [-0.2, -0.15) is 0 Å². The lowest BCUT2D eigenvalue weighted by Crippen LogP contribution is -2.13. The number of anilines is 1.